The highest BCUT2D eigenvalue weighted by molar-refractivity contribution is 5.32. The molecule has 0 aromatic carbocycles. The first kappa shape index (κ1) is 13.5. The molecule has 0 saturated carbocycles. The fourth-order valence-corrected chi connectivity index (χ4v) is 1.19. The van der Waals surface area contributed by atoms with Gasteiger partial charge < -0.3 is 15.8 Å². The van der Waals surface area contributed by atoms with Crippen LogP contribution in [0.3, 0.4) is 0 Å². The standard InChI is InChI=1S/C11H21N5O/c1-7(2)5-6-13-10-14-9(12)15-11(16-10)17-8(3)4/h7-8H,5-6H2,1-4H3,(H3,12,13,14,15,16). The summed E-state index contributed by atoms with van der Waals surface area (Å²) in [6.07, 6.45) is 1.06. The van der Waals surface area contributed by atoms with Gasteiger partial charge in [0.05, 0.1) is 6.10 Å². The number of nitrogens with zero attached hydrogens (tertiary/aromatic N) is 3. The molecule has 1 heterocycles. The van der Waals surface area contributed by atoms with Crippen molar-refractivity contribution in [3.8, 4) is 6.01 Å². The van der Waals surface area contributed by atoms with E-state index in [-0.39, 0.29) is 18.1 Å². The molecule has 6 heteroatoms. The van der Waals surface area contributed by atoms with E-state index in [1.165, 1.54) is 0 Å². The molecule has 96 valence electrons. The van der Waals surface area contributed by atoms with Crippen LogP contribution in [0.5, 0.6) is 6.01 Å². The summed E-state index contributed by atoms with van der Waals surface area (Å²) in [5.74, 6) is 1.27. The normalized spacial score (nSPS) is 10.9. The van der Waals surface area contributed by atoms with Gasteiger partial charge in [0.2, 0.25) is 11.9 Å². The zero-order valence-electron chi connectivity index (χ0n) is 10.9. The van der Waals surface area contributed by atoms with Crippen LogP contribution in [0.4, 0.5) is 11.9 Å². The predicted octanol–water partition coefficient (Wildman–Crippen LogP) is 1.70. The van der Waals surface area contributed by atoms with Crippen molar-refractivity contribution >= 4 is 11.9 Å². The van der Waals surface area contributed by atoms with Crippen molar-refractivity contribution in [1.29, 1.82) is 0 Å². The van der Waals surface area contributed by atoms with Crippen molar-refractivity contribution in [2.75, 3.05) is 17.6 Å². The van der Waals surface area contributed by atoms with E-state index >= 15 is 0 Å². The third kappa shape index (κ3) is 5.33. The Kier molecular flexibility index (Phi) is 4.93. The van der Waals surface area contributed by atoms with E-state index in [1.54, 1.807) is 0 Å². The van der Waals surface area contributed by atoms with E-state index in [9.17, 15) is 0 Å². The third-order valence-corrected chi connectivity index (χ3v) is 1.98. The van der Waals surface area contributed by atoms with Crippen molar-refractivity contribution in [1.82, 2.24) is 15.0 Å². The molecule has 0 radical (unpaired) electrons. The topological polar surface area (TPSA) is 86.0 Å². The highest BCUT2D eigenvalue weighted by atomic mass is 16.5. The molecule has 0 saturated heterocycles. The Labute approximate surface area is 102 Å². The highest BCUT2D eigenvalue weighted by Gasteiger charge is 2.06. The lowest BCUT2D eigenvalue weighted by Crippen LogP contribution is -2.14. The summed E-state index contributed by atoms with van der Waals surface area (Å²) in [7, 11) is 0. The highest BCUT2D eigenvalue weighted by Crippen LogP contribution is 2.10. The van der Waals surface area contributed by atoms with Crippen molar-refractivity contribution in [3.63, 3.8) is 0 Å². The number of rotatable bonds is 6. The van der Waals surface area contributed by atoms with Gasteiger partial charge in [0.15, 0.2) is 0 Å². The maximum absolute atomic E-state index is 5.58. The number of hydrogen-bond donors (Lipinski definition) is 2. The second-order valence-electron chi connectivity index (χ2n) is 4.58. The van der Waals surface area contributed by atoms with Crippen LogP contribution in [-0.4, -0.2) is 27.6 Å². The average molecular weight is 239 g/mol. The second kappa shape index (κ2) is 6.22. The molecular weight excluding hydrogens is 218 g/mol. The summed E-state index contributed by atoms with van der Waals surface area (Å²) in [6.45, 7) is 8.95. The molecular formula is C11H21N5O. The fourth-order valence-electron chi connectivity index (χ4n) is 1.19. The molecule has 1 rings (SSSR count). The van der Waals surface area contributed by atoms with E-state index in [1.807, 2.05) is 13.8 Å². The van der Waals surface area contributed by atoms with Crippen LogP contribution in [0.25, 0.3) is 0 Å². The van der Waals surface area contributed by atoms with Gasteiger partial charge in [-0.05, 0) is 26.2 Å². The van der Waals surface area contributed by atoms with E-state index in [2.05, 4.69) is 34.1 Å². The Bertz CT molecular complexity index is 354. The summed E-state index contributed by atoms with van der Waals surface area (Å²) in [5, 5.41) is 3.11. The Balaban J connectivity index is 2.62. The molecule has 3 N–H and O–H groups in total. The largest absolute Gasteiger partial charge is 0.461 e. The van der Waals surface area contributed by atoms with Crippen LogP contribution in [0.1, 0.15) is 34.1 Å². The van der Waals surface area contributed by atoms with Gasteiger partial charge in [-0.2, -0.15) is 15.0 Å². The molecule has 0 fully saturated rings. The molecule has 1 aromatic rings. The van der Waals surface area contributed by atoms with E-state index in [4.69, 9.17) is 10.5 Å². The maximum atomic E-state index is 5.58. The summed E-state index contributed by atoms with van der Waals surface area (Å²) < 4.78 is 5.38. The van der Waals surface area contributed by atoms with Crippen molar-refractivity contribution in [2.45, 2.75) is 40.2 Å². The first-order valence-corrected chi connectivity index (χ1v) is 5.89. The molecule has 0 atom stereocenters. The molecule has 1 aromatic heterocycles. The van der Waals surface area contributed by atoms with Crippen molar-refractivity contribution in [2.24, 2.45) is 5.92 Å². The zero-order valence-corrected chi connectivity index (χ0v) is 10.9. The SMILES string of the molecule is CC(C)CCNc1nc(N)nc(OC(C)C)n1. The van der Waals surface area contributed by atoms with Crippen LogP contribution < -0.4 is 15.8 Å². The molecule has 0 unspecified atom stereocenters. The van der Waals surface area contributed by atoms with Crippen molar-refractivity contribution < 1.29 is 4.74 Å². The molecule has 0 spiro atoms. The molecule has 17 heavy (non-hydrogen) atoms. The average Bonchev–Trinajstić information content (AvgIpc) is 2.14. The molecule has 0 amide bonds. The van der Waals surface area contributed by atoms with Gasteiger partial charge >= 0.3 is 6.01 Å². The lowest BCUT2D eigenvalue weighted by molar-refractivity contribution is 0.222. The Morgan fingerprint density at radius 2 is 1.88 bits per heavy atom. The number of nitrogens with two attached hydrogens (primary N) is 1. The fraction of sp³-hybridized carbons (Fsp3) is 0.727. The van der Waals surface area contributed by atoms with Gasteiger partial charge in [-0.25, -0.2) is 0 Å². The van der Waals surface area contributed by atoms with Crippen molar-refractivity contribution in [3.05, 3.63) is 0 Å². The van der Waals surface area contributed by atoms with E-state index < -0.39 is 0 Å². The Morgan fingerprint density at radius 3 is 2.47 bits per heavy atom. The van der Waals surface area contributed by atoms with Crippen LogP contribution in [0, 0.1) is 5.92 Å². The Morgan fingerprint density at radius 1 is 1.18 bits per heavy atom. The van der Waals surface area contributed by atoms with E-state index in [0.29, 0.717) is 11.9 Å². The van der Waals surface area contributed by atoms with Gasteiger partial charge in [0.25, 0.3) is 0 Å². The lowest BCUT2D eigenvalue weighted by Gasteiger charge is -2.10. The quantitative estimate of drug-likeness (QED) is 0.785. The smallest absolute Gasteiger partial charge is 0.323 e. The van der Waals surface area contributed by atoms with Crippen LogP contribution in [0.2, 0.25) is 0 Å². The van der Waals surface area contributed by atoms with Gasteiger partial charge in [0, 0.05) is 6.54 Å². The maximum Gasteiger partial charge on any atom is 0.323 e. The molecule has 0 aliphatic carbocycles. The number of aromatic nitrogens is 3. The van der Waals surface area contributed by atoms with Gasteiger partial charge in [0.1, 0.15) is 0 Å². The number of nitrogens with one attached hydrogen (secondary N) is 1. The number of anilines is 2. The number of nitrogen functional groups attached to an aromatic ring is 1. The first-order chi connectivity index (χ1) is 7.97. The zero-order chi connectivity index (χ0) is 12.8. The minimum absolute atomic E-state index is 0.0142. The van der Waals surface area contributed by atoms with Gasteiger partial charge in [-0.1, -0.05) is 13.8 Å². The number of hydrogen-bond acceptors (Lipinski definition) is 6. The molecule has 0 aliphatic rings. The summed E-state index contributed by atoms with van der Waals surface area (Å²) >= 11 is 0. The minimum Gasteiger partial charge on any atom is -0.461 e. The van der Waals surface area contributed by atoms with Crippen LogP contribution in [0.15, 0.2) is 0 Å². The third-order valence-electron chi connectivity index (χ3n) is 1.98. The first-order valence-electron chi connectivity index (χ1n) is 5.89. The van der Waals surface area contributed by atoms with Gasteiger partial charge in [-0.3, -0.25) is 0 Å². The summed E-state index contributed by atoms with van der Waals surface area (Å²) in [6, 6.07) is 0.263. The second-order valence-corrected chi connectivity index (χ2v) is 4.58. The minimum atomic E-state index is 0.0142. The monoisotopic (exact) mass is 239 g/mol. The summed E-state index contributed by atoms with van der Waals surface area (Å²) in [4.78, 5) is 12.0. The lowest BCUT2D eigenvalue weighted by atomic mass is 10.1. The summed E-state index contributed by atoms with van der Waals surface area (Å²) in [5.41, 5.74) is 5.58. The molecule has 0 aliphatic heterocycles. The van der Waals surface area contributed by atoms with Crippen LogP contribution in [-0.2, 0) is 0 Å². The predicted molar refractivity (Wildman–Crippen MR) is 67.9 cm³/mol. The van der Waals surface area contributed by atoms with Crippen LogP contribution >= 0.6 is 0 Å². The Hall–Kier alpha value is -1.59. The molecule has 6 nitrogen and oxygen atoms in total. The van der Waals surface area contributed by atoms with E-state index in [0.717, 1.165) is 13.0 Å². The number of ether oxygens (including phenoxy) is 1. The van der Waals surface area contributed by atoms with Gasteiger partial charge in [-0.15, -0.1) is 0 Å². The molecule has 0 bridgehead atoms.